The lowest BCUT2D eigenvalue weighted by molar-refractivity contribution is -0.122. The summed E-state index contributed by atoms with van der Waals surface area (Å²) in [7, 11) is 0. The Kier molecular flexibility index (Phi) is 7.50. The third-order valence-electron chi connectivity index (χ3n) is 3.20. The summed E-state index contributed by atoms with van der Waals surface area (Å²) in [5, 5.41) is 0.813. The zero-order chi connectivity index (χ0) is 19.1. The van der Waals surface area contributed by atoms with Crippen LogP contribution in [0.15, 0.2) is 36.4 Å². The summed E-state index contributed by atoms with van der Waals surface area (Å²) in [6, 6.07) is 8.67. The van der Waals surface area contributed by atoms with Gasteiger partial charge in [-0.2, -0.15) is 0 Å². The number of nitrogens with one attached hydrogen (secondary N) is 2. The average Bonchev–Trinajstić information content (AvgIpc) is 2.58. The number of ether oxygens (including phenoxy) is 1. The number of carbonyl (C=O) groups is 2. The highest BCUT2D eigenvalue weighted by atomic mass is 35.5. The van der Waals surface area contributed by atoms with Crippen LogP contribution in [0.4, 0.5) is 4.39 Å². The van der Waals surface area contributed by atoms with Crippen molar-refractivity contribution in [2.24, 2.45) is 0 Å². The van der Waals surface area contributed by atoms with Gasteiger partial charge in [0.25, 0.3) is 5.91 Å². The molecule has 0 aliphatic heterocycles. The number of rotatable bonds is 6. The molecule has 2 amide bonds. The average molecular weight is 420 g/mol. The number of hydrazine groups is 1. The number of halogens is 4. The summed E-state index contributed by atoms with van der Waals surface area (Å²) in [5.41, 5.74) is 3.97. The van der Waals surface area contributed by atoms with Gasteiger partial charge in [0.05, 0.1) is 22.2 Å². The lowest BCUT2D eigenvalue weighted by Crippen LogP contribution is -2.42. The highest BCUT2D eigenvalue weighted by Gasteiger charge is 2.16. The van der Waals surface area contributed by atoms with Gasteiger partial charge in [0.1, 0.15) is 11.6 Å². The Balaban J connectivity index is 1.73. The molecule has 2 N–H and O–H groups in total. The first-order chi connectivity index (χ1) is 12.4. The number of benzene rings is 2. The Morgan fingerprint density at radius 1 is 1.04 bits per heavy atom. The molecule has 0 saturated carbocycles. The fraction of sp³-hybridized carbons (Fsp3) is 0.176. The molecule has 0 atom stereocenters. The Hall–Kier alpha value is -2.02. The van der Waals surface area contributed by atoms with Crippen LogP contribution in [0.5, 0.6) is 5.75 Å². The fourth-order valence-electron chi connectivity index (χ4n) is 1.97. The molecule has 9 heteroatoms. The molecular weight excluding hydrogens is 406 g/mol. The summed E-state index contributed by atoms with van der Waals surface area (Å²) in [6.45, 7) is 0.238. The van der Waals surface area contributed by atoms with Gasteiger partial charge >= 0.3 is 0 Å². The van der Waals surface area contributed by atoms with Gasteiger partial charge in [-0.15, -0.1) is 0 Å². The minimum absolute atomic E-state index is 0.0509. The van der Waals surface area contributed by atoms with Gasteiger partial charge in [0, 0.05) is 11.4 Å². The van der Waals surface area contributed by atoms with Gasteiger partial charge in [-0.25, -0.2) is 4.39 Å². The maximum Gasteiger partial charge on any atom is 0.274 e. The summed E-state index contributed by atoms with van der Waals surface area (Å²) in [6.07, 6.45) is 0.456. The molecular formula is C17H14Cl3FN2O3. The van der Waals surface area contributed by atoms with E-state index in [9.17, 15) is 14.0 Å². The normalized spacial score (nSPS) is 10.3. The first kappa shape index (κ1) is 20.3. The van der Waals surface area contributed by atoms with E-state index in [1.165, 1.54) is 12.1 Å². The predicted octanol–water partition coefficient (Wildman–Crippen LogP) is 4.41. The van der Waals surface area contributed by atoms with E-state index in [-0.39, 0.29) is 23.6 Å². The van der Waals surface area contributed by atoms with Crippen molar-refractivity contribution in [3.05, 3.63) is 62.8 Å². The molecule has 138 valence electrons. The number of hydrogen-bond acceptors (Lipinski definition) is 3. The van der Waals surface area contributed by atoms with Gasteiger partial charge in [-0.3, -0.25) is 20.4 Å². The fourth-order valence-corrected chi connectivity index (χ4v) is 2.69. The lowest BCUT2D eigenvalue weighted by atomic mass is 10.2. The number of carbonyl (C=O) groups excluding carboxylic acids is 2. The Morgan fingerprint density at radius 3 is 2.50 bits per heavy atom. The van der Waals surface area contributed by atoms with Crippen molar-refractivity contribution in [3.8, 4) is 5.75 Å². The summed E-state index contributed by atoms with van der Waals surface area (Å²) in [5.74, 6) is -1.63. The van der Waals surface area contributed by atoms with Gasteiger partial charge in [-0.05, 0) is 36.8 Å². The minimum atomic E-state index is -0.842. The van der Waals surface area contributed by atoms with Crippen LogP contribution in [-0.2, 0) is 4.79 Å². The molecule has 2 aromatic carbocycles. The third kappa shape index (κ3) is 5.76. The van der Waals surface area contributed by atoms with E-state index < -0.39 is 17.6 Å². The van der Waals surface area contributed by atoms with Crippen molar-refractivity contribution < 1.29 is 18.7 Å². The van der Waals surface area contributed by atoms with Crippen molar-refractivity contribution in [1.82, 2.24) is 10.9 Å². The standard InChI is InChI=1S/C17H14Cl3FN2O3/c18-10-6-7-14(12(20)9-10)26-8-2-5-15(24)22-23-17(25)16-11(19)3-1-4-13(16)21/h1,3-4,6-7,9H,2,5,8H2,(H,22,24)(H,23,25). The molecule has 0 spiro atoms. The molecule has 0 aliphatic rings. The molecule has 0 radical (unpaired) electrons. The highest BCUT2D eigenvalue weighted by molar-refractivity contribution is 6.35. The molecule has 0 heterocycles. The molecule has 0 saturated heterocycles. The molecule has 26 heavy (non-hydrogen) atoms. The van der Waals surface area contributed by atoms with E-state index in [1.807, 2.05) is 0 Å². The van der Waals surface area contributed by atoms with Gasteiger partial charge in [0.15, 0.2) is 0 Å². The van der Waals surface area contributed by atoms with E-state index >= 15 is 0 Å². The maximum absolute atomic E-state index is 13.6. The van der Waals surface area contributed by atoms with Crippen molar-refractivity contribution in [1.29, 1.82) is 0 Å². The van der Waals surface area contributed by atoms with Crippen molar-refractivity contribution >= 4 is 46.6 Å². The first-order valence-electron chi connectivity index (χ1n) is 7.49. The molecule has 0 aliphatic carbocycles. The number of hydrogen-bond donors (Lipinski definition) is 2. The van der Waals surface area contributed by atoms with Crippen molar-refractivity contribution in [2.75, 3.05) is 6.61 Å². The topological polar surface area (TPSA) is 67.4 Å². The van der Waals surface area contributed by atoms with Crippen molar-refractivity contribution in [2.45, 2.75) is 12.8 Å². The van der Waals surface area contributed by atoms with Crippen LogP contribution in [0.25, 0.3) is 0 Å². The van der Waals surface area contributed by atoms with E-state index in [1.54, 1.807) is 18.2 Å². The molecule has 5 nitrogen and oxygen atoms in total. The quantitative estimate of drug-likeness (QED) is 0.538. The van der Waals surface area contributed by atoms with Gasteiger partial charge < -0.3 is 4.74 Å². The molecule has 2 aromatic rings. The summed E-state index contributed by atoms with van der Waals surface area (Å²) >= 11 is 17.5. The molecule has 2 rings (SSSR count). The zero-order valence-corrected chi connectivity index (χ0v) is 15.6. The Labute approximate surface area is 164 Å². The SMILES string of the molecule is O=C(CCCOc1ccc(Cl)cc1Cl)NNC(=O)c1c(F)cccc1Cl. The van der Waals surface area contributed by atoms with E-state index in [2.05, 4.69) is 10.9 Å². The van der Waals surface area contributed by atoms with Crippen LogP contribution in [0.2, 0.25) is 15.1 Å². The molecule has 0 fully saturated rings. The second-order valence-electron chi connectivity index (χ2n) is 5.13. The van der Waals surface area contributed by atoms with E-state index in [0.717, 1.165) is 6.07 Å². The second kappa shape index (κ2) is 9.62. The molecule has 0 unspecified atom stereocenters. The van der Waals surface area contributed by atoms with Crippen LogP contribution in [-0.4, -0.2) is 18.4 Å². The van der Waals surface area contributed by atoms with Crippen LogP contribution >= 0.6 is 34.8 Å². The lowest BCUT2D eigenvalue weighted by Gasteiger charge is -2.10. The summed E-state index contributed by atoms with van der Waals surface area (Å²) < 4.78 is 19.0. The van der Waals surface area contributed by atoms with E-state index in [0.29, 0.717) is 22.2 Å². The minimum Gasteiger partial charge on any atom is -0.492 e. The largest absolute Gasteiger partial charge is 0.492 e. The third-order valence-corrected chi connectivity index (χ3v) is 4.05. The van der Waals surface area contributed by atoms with Crippen molar-refractivity contribution in [3.63, 3.8) is 0 Å². The zero-order valence-electron chi connectivity index (χ0n) is 13.3. The van der Waals surface area contributed by atoms with Gasteiger partial charge in [0.2, 0.25) is 5.91 Å². The highest BCUT2D eigenvalue weighted by Crippen LogP contribution is 2.27. The second-order valence-corrected chi connectivity index (χ2v) is 6.38. The Morgan fingerprint density at radius 2 is 1.81 bits per heavy atom. The predicted molar refractivity (Wildman–Crippen MR) is 98.2 cm³/mol. The summed E-state index contributed by atoms with van der Waals surface area (Å²) in [4.78, 5) is 23.6. The Bertz CT molecular complexity index is 798. The van der Waals surface area contributed by atoms with Crippen LogP contribution in [0.3, 0.4) is 0 Å². The van der Waals surface area contributed by atoms with Crippen LogP contribution in [0, 0.1) is 5.82 Å². The maximum atomic E-state index is 13.6. The van der Waals surface area contributed by atoms with Crippen LogP contribution < -0.4 is 15.6 Å². The molecule has 0 aromatic heterocycles. The first-order valence-corrected chi connectivity index (χ1v) is 8.63. The smallest absolute Gasteiger partial charge is 0.274 e. The monoisotopic (exact) mass is 418 g/mol. The number of amides is 2. The van der Waals surface area contributed by atoms with Crippen LogP contribution in [0.1, 0.15) is 23.2 Å². The van der Waals surface area contributed by atoms with Gasteiger partial charge in [-0.1, -0.05) is 40.9 Å². The van der Waals surface area contributed by atoms with E-state index in [4.69, 9.17) is 39.5 Å². The molecule has 0 bridgehead atoms.